The van der Waals surface area contributed by atoms with Crippen molar-refractivity contribution in [2.75, 3.05) is 13.7 Å². The van der Waals surface area contributed by atoms with E-state index >= 15 is 0 Å². The van der Waals surface area contributed by atoms with Crippen LogP contribution in [0.3, 0.4) is 0 Å². The summed E-state index contributed by atoms with van der Waals surface area (Å²) in [7, 11) is 1.53. The van der Waals surface area contributed by atoms with Crippen molar-refractivity contribution in [2.24, 2.45) is 0 Å². The van der Waals surface area contributed by atoms with E-state index in [4.69, 9.17) is 9.47 Å². The number of hydrogen-bond donors (Lipinski definition) is 0. The van der Waals surface area contributed by atoms with Crippen molar-refractivity contribution < 1.29 is 14.3 Å². The summed E-state index contributed by atoms with van der Waals surface area (Å²) >= 11 is 0. The van der Waals surface area contributed by atoms with Crippen LogP contribution in [-0.2, 0) is 0 Å². The molecule has 1 aromatic carbocycles. The molecule has 3 nitrogen and oxygen atoms in total. The summed E-state index contributed by atoms with van der Waals surface area (Å²) in [5.74, 6) is 1.16. The molecular formula is C11H12O3. The second-order valence-corrected chi connectivity index (χ2v) is 2.63. The fraction of sp³-hybridized carbons (Fsp3) is 0.182. The molecule has 0 saturated heterocycles. The highest BCUT2D eigenvalue weighted by Crippen LogP contribution is 2.27. The van der Waals surface area contributed by atoms with Crippen molar-refractivity contribution in [3.8, 4) is 11.5 Å². The molecule has 3 heteroatoms. The maximum atomic E-state index is 10.5. The van der Waals surface area contributed by atoms with E-state index in [1.165, 1.54) is 7.11 Å². The van der Waals surface area contributed by atoms with Crippen molar-refractivity contribution in [1.29, 1.82) is 0 Å². The summed E-state index contributed by atoms with van der Waals surface area (Å²) in [6, 6.07) is 5.01. The lowest BCUT2D eigenvalue weighted by atomic mass is 10.2. The Morgan fingerprint density at radius 2 is 2.21 bits per heavy atom. The first-order valence-electron chi connectivity index (χ1n) is 4.18. The van der Waals surface area contributed by atoms with Gasteiger partial charge < -0.3 is 9.47 Å². The zero-order valence-electron chi connectivity index (χ0n) is 8.03. The number of carbonyl (C=O) groups is 1. The van der Waals surface area contributed by atoms with Crippen LogP contribution in [0.4, 0.5) is 0 Å². The zero-order chi connectivity index (χ0) is 10.4. The molecule has 0 heterocycles. The van der Waals surface area contributed by atoms with Crippen molar-refractivity contribution in [3.63, 3.8) is 0 Å². The third-order valence-corrected chi connectivity index (χ3v) is 1.68. The van der Waals surface area contributed by atoms with Gasteiger partial charge in [-0.2, -0.15) is 0 Å². The maximum Gasteiger partial charge on any atom is 0.161 e. The van der Waals surface area contributed by atoms with E-state index < -0.39 is 0 Å². The van der Waals surface area contributed by atoms with E-state index in [1.807, 2.05) is 0 Å². The van der Waals surface area contributed by atoms with Gasteiger partial charge in [0, 0.05) is 5.56 Å². The van der Waals surface area contributed by atoms with Gasteiger partial charge in [-0.3, -0.25) is 4.79 Å². The fourth-order valence-corrected chi connectivity index (χ4v) is 1.03. The van der Waals surface area contributed by atoms with Crippen LogP contribution in [0.25, 0.3) is 0 Å². The highest BCUT2D eigenvalue weighted by atomic mass is 16.5. The Balaban J connectivity index is 2.92. The fourth-order valence-electron chi connectivity index (χ4n) is 1.03. The van der Waals surface area contributed by atoms with Gasteiger partial charge in [-0.05, 0) is 18.2 Å². The average Bonchev–Trinajstić information content (AvgIpc) is 2.26. The molecule has 0 unspecified atom stereocenters. The third kappa shape index (κ3) is 2.36. The molecule has 0 aliphatic rings. The highest BCUT2D eigenvalue weighted by Gasteiger charge is 2.04. The van der Waals surface area contributed by atoms with E-state index in [2.05, 4.69) is 6.58 Å². The topological polar surface area (TPSA) is 35.5 Å². The number of aldehydes is 1. The number of ether oxygens (including phenoxy) is 2. The number of rotatable bonds is 5. The van der Waals surface area contributed by atoms with Crippen molar-refractivity contribution in [1.82, 2.24) is 0 Å². The van der Waals surface area contributed by atoms with Crippen LogP contribution in [0.15, 0.2) is 30.9 Å². The Morgan fingerprint density at radius 1 is 1.43 bits per heavy atom. The smallest absolute Gasteiger partial charge is 0.161 e. The first kappa shape index (κ1) is 10.3. The number of carbonyl (C=O) groups excluding carboxylic acids is 1. The molecule has 0 bridgehead atoms. The molecule has 14 heavy (non-hydrogen) atoms. The molecule has 0 aliphatic heterocycles. The lowest BCUT2D eigenvalue weighted by Crippen LogP contribution is -1.96. The van der Waals surface area contributed by atoms with Gasteiger partial charge in [0.1, 0.15) is 12.9 Å². The molecular weight excluding hydrogens is 180 g/mol. The number of benzene rings is 1. The summed E-state index contributed by atoms with van der Waals surface area (Å²) in [5.41, 5.74) is 0.563. The Kier molecular flexibility index (Phi) is 3.73. The first-order chi connectivity index (χ1) is 6.81. The Morgan fingerprint density at radius 3 is 2.79 bits per heavy atom. The molecule has 1 rings (SSSR count). The number of methoxy groups -OCH3 is 1. The van der Waals surface area contributed by atoms with E-state index in [9.17, 15) is 4.79 Å². The Hall–Kier alpha value is -1.77. The molecule has 0 spiro atoms. The monoisotopic (exact) mass is 192 g/mol. The highest BCUT2D eigenvalue weighted by molar-refractivity contribution is 5.76. The summed E-state index contributed by atoms with van der Waals surface area (Å²) in [6.45, 7) is 3.96. The van der Waals surface area contributed by atoms with Crippen LogP contribution >= 0.6 is 0 Å². The lowest BCUT2D eigenvalue weighted by Gasteiger charge is -2.08. The Bertz CT molecular complexity index is 331. The van der Waals surface area contributed by atoms with Gasteiger partial charge in [0.15, 0.2) is 11.5 Å². The second-order valence-electron chi connectivity index (χ2n) is 2.63. The normalized spacial score (nSPS) is 9.21. The molecule has 0 radical (unpaired) electrons. The van der Waals surface area contributed by atoms with Gasteiger partial charge in [-0.15, -0.1) is 0 Å². The van der Waals surface area contributed by atoms with Crippen LogP contribution in [-0.4, -0.2) is 20.0 Å². The molecule has 0 atom stereocenters. The van der Waals surface area contributed by atoms with Crippen LogP contribution in [0, 0.1) is 0 Å². The summed E-state index contributed by atoms with van der Waals surface area (Å²) < 4.78 is 10.4. The molecule has 0 aliphatic carbocycles. The van der Waals surface area contributed by atoms with Crippen molar-refractivity contribution >= 4 is 6.29 Å². The van der Waals surface area contributed by atoms with Gasteiger partial charge in [0.05, 0.1) is 7.11 Å². The zero-order valence-corrected chi connectivity index (χ0v) is 8.03. The number of hydrogen-bond acceptors (Lipinski definition) is 3. The van der Waals surface area contributed by atoms with Gasteiger partial charge in [0.25, 0.3) is 0 Å². The summed E-state index contributed by atoms with van der Waals surface area (Å²) in [5, 5.41) is 0. The molecule has 0 amide bonds. The SMILES string of the molecule is C=CCOc1ccc(C=O)cc1OC. The first-order valence-corrected chi connectivity index (χ1v) is 4.18. The third-order valence-electron chi connectivity index (χ3n) is 1.68. The van der Waals surface area contributed by atoms with Crippen LogP contribution in [0.2, 0.25) is 0 Å². The van der Waals surface area contributed by atoms with E-state index in [-0.39, 0.29) is 0 Å². The minimum absolute atomic E-state index is 0.413. The van der Waals surface area contributed by atoms with Crippen molar-refractivity contribution in [2.45, 2.75) is 0 Å². The largest absolute Gasteiger partial charge is 0.493 e. The minimum atomic E-state index is 0.413. The predicted molar refractivity (Wildman–Crippen MR) is 54.1 cm³/mol. The Labute approximate surface area is 83.0 Å². The predicted octanol–water partition coefficient (Wildman–Crippen LogP) is 2.07. The molecule has 0 N–H and O–H groups in total. The summed E-state index contributed by atoms with van der Waals surface area (Å²) in [6.07, 6.45) is 2.41. The summed E-state index contributed by atoms with van der Waals surface area (Å²) in [4.78, 5) is 10.5. The van der Waals surface area contributed by atoms with E-state index in [0.717, 1.165) is 6.29 Å². The molecule has 0 fully saturated rings. The molecule has 0 aromatic heterocycles. The van der Waals surface area contributed by atoms with Crippen LogP contribution < -0.4 is 9.47 Å². The van der Waals surface area contributed by atoms with Crippen molar-refractivity contribution in [3.05, 3.63) is 36.4 Å². The second kappa shape index (κ2) is 5.07. The molecule has 74 valence electrons. The van der Waals surface area contributed by atoms with Crippen LogP contribution in [0.1, 0.15) is 10.4 Å². The van der Waals surface area contributed by atoms with Gasteiger partial charge >= 0.3 is 0 Å². The standard InChI is InChI=1S/C11H12O3/c1-3-6-14-10-5-4-9(8-12)7-11(10)13-2/h3-5,7-8H,1,6H2,2H3. The maximum absolute atomic E-state index is 10.5. The van der Waals surface area contributed by atoms with Gasteiger partial charge in [0.2, 0.25) is 0 Å². The van der Waals surface area contributed by atoms with Crippen LogP contribution in [0.5, 0.6) is 11.5 Å². The van der Waals surface area contributed by atoms with Gasteiger partial charge in [-0.1, -0.05) is 12.7 Å². The lowest BCUT2D eigenvalue weighted by molar-refractivity contribution is 0.112. The average molecular weight is 192 g/mol. The quantitative estimate of drug-likeness (QED) is 0.529. The van der Waals surface area contributed by atoms with E-state index in [1.54, 1.807) is 24.3 Å². The minimum Gasteiger partial charge on any atom is -0.493 e. The molecule has 0 saturated carbocycles. The van der Waals surface area contributed by atoms with Gasteiger partial charge in [-0.25, -0.2) is 0 Å². The van der Waals surface area contributed by atoms with E-state index in [0.29, 0.717) is 23.7 Å². The molecule has 1 aromatic rings.